The number of carboxylic acid groups (broad SMARTS) is 1. The monoisotopic (exact) mass is 271 g/mol. The van der Waals surface area contributed by atoms with E-state index in [1.54, 1.807) is 0 Å². The van der Waals surface area contributed by atoms with Crippen molar-refractivity contribution < 1.29 is 19.5 Å². The summed E-state index contributed by atoms with van der Waals surface area (Å²) in [6, 6.07) is 0. The minimum Gasteiger partial charge on any atom is -0.550 e. The first-order valence-electron chi connectivity index (χ1n) is 7.42. The van der Waals surface area contributed by atoms with Gasteiger partial charge in [-0.05, 0) is 32.8 Å². The second-order valence-electron chi connectivity index (χ2n) is 5.17. The lowest BCUT2D eigenvalue weighted by Gasteiger charge is -2.36. The number of likely N-dealkylation sites (N-methyl/N-ethyl adjacent to an activating group) is 1. The average Bonchev–Trinajstić information content (AvgIpc) is 2.39. The summed E-state index contributed by atoms with van der Waals surface area (Å²) in [4.78, 5) is 10.6. The minimum absolute atomic E-state index is 0.0464. The Hall–Kier alpha value is -1.03. The summed E-state index contributed by atoms with van der Waals surface area (Å²) >= 11 is 0. The number of aliphatic hydroxyl groups excluding tert-OH is 1. The highest BCUT2D eigenvalue weighted by Crippen LogP contribution is 2.12. The molecule has 0 unspecified atom stereocenters. The molecule has 4 heteroatoms. The van der Waals surface area contributed by atoms with Crippen molar-refractivity contribution in [2.45, 2.75) is 52.9 Å². The van der Waals surface area contributed by atoms with Gasteiger partial charge in [0.2, 0.25) is 0 Å². The molecule has 0 saturated heterocycles. The van der Waals surface area contributed by atoms with Crippen LogP contribution < -0.4 is 5.11 Å². The molecule has 0 radical (unpaired) electrons. The normalized spacial score (nSPS) is 12.7. The number of carbonyl (C=O) groups excluding carboxylic acids is 1. The van der Waals surface area contributed by atoms with Crippen LogP contribution in [0.25, 0.3) is 0 Å². The molecule has 112 valence electrons. The number of nitrogens with zero attached hydrogens (tertiary/aromatic N) is 1. The van der Waals surface area contributed by atoms with Gasteiger partial charge >= 0.3 is 0 Å². The number of aliphatic carboxylic acids is 1. The maximum atomic E-state index is 10.6. The molecule has 19 heavy (non-hydrogen) atoms. The number of unbranched alkanes of at least 4 members (excludes halogenated alkanes) is 3. The molecule has 0 bridgehead atoms. The molecule has 0 aromatic rings. The number of quaternary nitrogens is 1. The summed E-state index contributed by atoms with van der Waals surface area (Å²) in [6.45, 7) is 8.88. The standard InChI is InChI=1S/C15H29NO3/c1-4-7-8-9-10-14(17)13-16(5-2,6-3)12-11-15(18)19/h10H,4-9,11-13H2,1-3H3,(H-,17,18,19)/b14-10-. The zero-order valence-electron chi connectivity index (χ0n) is 12.7. The van der Waals surface area contributed by atoms with Gasteiger partial charge in [-0.15, -0.1) is 0 Å². The van der Waals surface area contributed by atoms with Crippen molar-refractivity contribution in [1.82, 2.24) is 0 Å². The highest BCUT2D eigenvalue weighted by atomic mass is 16.4. The van der Waals surface area contributed by atoms with Crippen LogP contribution in [0.1, 0.15) is 52.9 Å². The molecule has 4 nitrogen and oxygen atoms in total. The van der Waals surface area contributed by atoms with Crippen LogP contribution in [0.15, 0.2) is 11.8 Å². The van der Waals surface area contributed by atoms with Crippen molar-refractivity contribution in [3.8, 4) is 0 Å². The Balaban J connectivity index is 4.41. The molecule has 0 rings (SSSR count). The summed E-state index contributed by atoms with van der Waals surface area (Å²) in [5.41, 5.74) is 0. The lowest BCUT2D eigenvalue weighted by atomic mass is 10.2. The van der Waals surface area contributed by atoms with E-state index in [9.17, 15) is 15.0 Å². The van der Waals surface area contributed by atoms with E-state index in [0.29, 0.717) is 23.3 Å². The SMILES string of the molecule is CCCCC/C=C(\O)C[N+](CC)(CC)CCC(=O)[O-]. The van der Waals surface area contributed by atoms with E-state index in [1.807, 2.05) is 19.9 Å². The summed E-state index contributed by atoms with van der Waals surface area (Å²) in [7, 11) is 0. The molecule has 0 aliphatic rings. The third kappa shape index (κ3) is 7.88. The van der Waals surface area contributed by atoms with E-state index in [1.165, 1.54) is 12.8 Å². The molecule has 0 aromatic carbocycles. The largest absolute Gasteiger partial charge is 0.550 e. The molecule has 0 amide bonds. The fourth-order valence-electron chi connectivity index (χ4n) is 2.24. The summed E-state index contributed by atoms with van der Waals surface area (Å²) in [5.74, 6) is -0.631. The molecule has 0 atom stereocenters. The Bertz CT molecular complexity index is 283. The van der Waals surface area contributed by atoms with Gasteiger partial charge in [-0.2, -0.15) is 0 Å². The van der Waals surface area contributed by atoms with Crippen LogP contribution in [-0.4, -0.2) is 41.7 Å². The van der Waals surface area contributed by atoms with E-state index >= 15 is 0 Å². The second-order valence-corrected chi connectivity index (χ2v) is 5.17. The molecule has 1 N–H and O–H groups in total. The first kappa shape index (κ1) is 18.0. The second kappa shape index (κ2) is 9.84. The van der Waals surface area contributed by atoms with E-state index < -0.39 is 5.97 Å². The Morgan fingerprint density at radius 2 is 1.84 bits per heavy atom. The number of hydrogen-bond acceptors (Lipinski definition) is 3. The third-order valence-electron chi connectivity index (χ3n) is 3.82. The van der Waals surface area contributed by atoms with Crippen LogP contribution in [0, 0.1) is 0 Å². The van der Waals surface area contributed by atoms with Crippen molar-refractivity contribution >= 4 is 5.97 Å². The number of allylic oxidation sites excluding steroid dienone is 1. The van der Waals surface area contributed by atoms with Gasteiger partial charge in [0.25, 0.3) is 0 Å². The summed E-state index contributed by atoms with van der Waals surface area (Å²) in [5, 5.41) is 20.6. The summed E-state index contributed by atoms with van der Waals surface area (Å²) in [6.07, 6.45) is 6.27. The number of aliphatic hydroxyl groups is 1. The third-order valence-corrected chi connectivity index (χ3v) is 3.82. The molecule has 0 aliphatic carbocycles. The lowest BCUT2D eigenvalue weighted by Crippen LogP contribution is -2.51. The van der Waals surface area contributed by atoms with Crippen LogP contribution in [0.4, 0.5) is 0 Å². The molecule has 0 fully saturated rings. The quantitative estimate of drug-likeness (QED) is 0.355. The Kier molecular flexibility index (Phi) is 9.31. The van der Waals surface area contributed by atoms with Gasteiger partial charge in [0, 0.05) is 12.4 Å². The van der Waals surface area contributed by atoms with Crippen LogP contribution in [0.2, 0.25) is 0 Å². The first-order chi connectivity index (χ1) is 8.99. The van der Waals surface area contributed by atoms with Crippen LogP contribution in [-0.2, 0) is 4.79 Å². The van der Waals surface area contributed by atoms with Crippen molar-refractivity contribution in [1.29, 1.82) is 0 Å². The topological polar surface area (TPSA) is 60.4 Å². The number of carboxylic acids is 1. The molecular formula is C15H29NO3. The zero-order chi connectivity index (χ0) is 14.7. The van der Waals surface area contributed by atoms with Crippen LogP contribution in [0.3, 0.4) is 0 Å². The van der Waals surface area contributed by atoms with Crippen molar-refractivity contribution in [2.75, 3.05) is 26.2 Å². The fourth-order valence-corrected chi connectivity index (χ4v) is 2.24. The van der Waals surface area contributed by atoms with Crippen LogP contribution >= 0.6 is 0 Å². The maximum Gasteiger partial charge on any atom is 0.143 e. The Labute approximate surface area is 117 Å². The van der Waals surface area contributed by atoms with Crippen LogP contribution in [0.5, 0.6) is 0 Å². The smallest absolute Gasteiger partial charge is 0.143 e. The first-order valence-corrected chi connectivity index (χ1v) is 7.42. The lowest BCUT2D eigenvalue weighted by molar-refractivity contribution is -0.921. The van der Waals surface area contributed by atoms with Gasteiger partial charge in [0.05, 0.1) is 19.6 Å². The van der Waals surface area contributed by atoms with Crippen molar-refractivity contribution in [3.63, 3.8) is 0 Å². The molecular weight excluding hydrogens is 242 g/mol. The Morgan fingerprint density at radius 3 is 2.32 bits per heavy atom. The number of hydrogen-bond donors (Lipinski definition) is 1. The average molecular weight is 271 g/mol. The molecule has 0 aromatic heterocycles. The van der Waals surface area contributed by atoms with Crippen molar-refractivity contribution in [3.05, 3.63) is 11.8 Å². The van der Waals surface area contributed by atoms with Crippen molar-refractivity contribution in [2.24, 2.45) is 0 Å². The maximum absolute atomic E-state index is 10.6. The molecule has 0 heterocycles. The highest BCUT2D eigenvalue weighted by molar-refractivity contribution is 5.64. The summed E-state index contributed by atoms with van der Waals surface area (Å²) < 4.78 is 0.601. The highest BCUT2D eigenvalue weighted by Gasteiger charge is 2.24. The van der Waals surface area contributed by atoms with Gasteiger partial charge in [-0.25, -0.2) is 0 Å². The van der Waals surface area contributed by atoms with Gasteiger partial charge in [-0.1, -0.05) is 19.8 Å². The minimum atomic E-state index is -1.02. The molecule has 0 saturated carbocycles. The van der Waals surface area contributed by atoms with E-state index in [-0.39, 0.29) is 6.42 Å². The zero-order valence-corrected chi connectivity index (χ0v) is 12.7. The van der Waals surface area contributed by atoms with Gasteiger partial charge < -0.3 is 19.5 Å². The van der Waals surface area contributed by atoms with E-state index in [0.717, 1.165) is 25.9 Å². The predicted octanol–water partition coefficient (Wildman–Crippen LogP) is 2.01. The number of carbonyl (C=O) groups is 1. The van der Waals surface area contributed by atoms with Gasteiger partial charge in [-0.3, -0.25) is 0 Å². The Morgan fingerprint density at radius 1 is 1.21 bits per heavy atom. The molecule has 0 spiro atoms. The van der Waals surface area contributed by atoms with Gasteiger partial charge in [0.1, 0.15) is 12.3 Å². The predicted molar refractivity (Wildman–Crippen MR) is 75.6 cm³/mol. The van der Waals surface area contributed by atoms with Gasteiger partial charge in [0.15, 0.2) is 0 Å². The van der Waals surface area contributed by atoms with E-state index in [4.69, 9.17) is 0 Å². The number of rotatable bonds is 11. The van der Waals surface area contributed by atoms with E-state index in [2.05, 4.69) is 6.92 Å². The fraction of sp³-hybridized carbons (Fsp3) is 0.800. The molecule has 0 aliphatic heterocycles.